The van der Waals surface area contributed by atoms with Gasteiger partial charge >= 0.3 is 7.60 Å². The zero-order valence-corrected chi connectivity index (χ0v) is 11.8. The zero-order valence-electron chi connectivity index (χ0n) is 10.9. The lowest BCUT2D eigenvalue weighted by Crippen LogP contribution is -2.23. The number of imidazole rings is 1. The maximum absolute atomic E-state index is 11.1. The van der Waals surface area contributed by atoms with Gasteiger partial charge in [0.05, 0.1) is 18.5 Å². The molecule has 0 unspecified atom stereocenters. The van der Waals surface area contributed by atoms with E-state index in [1.165, 1.54) is 17.6 Å². The molecule has 1 aliphatic rings. The summed E-state index contributed by atoms with van der Waals surface area (Å²) < 4.78 is 12.7. The number of hydrogen-bond acceptors (Lipinski definition) is 7. The monoisotopic (exact) mass is 314 g/mol. The fourth-order valence-corrected chi connectivity index (χ4v) is 3.36. The molecule has 2 aromatic rings. The van der Waals surface area contributed by atoms with Crippen LogP contribution in [0.15, 0.2) is 12.7 Å². The van der Waals surface area contributed by atoms with Gasteiger partial charge in [0.25, 0.3) is 0 Å². The Bertz CT molecular complexity index is 715. The van der Waals surface area contributed by atoms with Gasteiger partial charge in [0.2, 0.25) is 0 Å². The molecule has 0 aromatic carbocycles. The van der Waals surface area contributed by atoms with E-state index in [1.54, 1.807) is 4.57 Å². The molecule has 0 amide bonds. The molecule has 2 atom stereocenters. The summed E-state index contributed by atoms with van der Waals surface area (Å²) in [5, 5.41) is 10.1. The summed E-state index contributed by atoms with van der Waals surface area (Å²) in [4.78, 5) is 31.6. The Morgan fingerprint density at radius 2 is 2.10 bits per heavy atom. The van der Waals surface area contributed by atoms with E-state index in [1.807, 2.05) is 0 Å². The number of rotatable bonds is 3. The highest BCUT2D eigenvalue weighted by molar-refractivity contribution is 7.51. The Kier molecular flexibility index (Phi) is 3.42. The van der Waals surface area contributed by atoms with E-state index in [4.69, 9.17) is 15.5 Å². The van der Waals surface area contributed by atoms with Crippen LogP contribution in [0.1, 0.15) is 6.04 Å². The summed E-state index contributed by atoms with van der Waals surface area (Å²) in [5.74, 6) is 0.248. The fourth-order valence-electron chi connectivity index (χ4n) is 2.61. The number of likely N-dealkylation sites (tertiary alicyclic amines) is 1. The maximum atomic E-state index is 11.1. The van der Waals surface area contributed by atoms with Gasteiger partial charge < -0.3 is 25.2 Å². The van der Waals surface area contributed by atoms with Crippen molar-refractivity contribution < 1.29 is 19.5 Å². The van der Waals surface area contributed by atoms with Crippen molar-refractivity contribution in [2.24, 2.45) is 0 Å². The average molecular weight is 314 g/mol. The number of nitrogen functional groups attached to an aromatic ring is 1. The SMILES string of the molecule is Nc1ncnc2c1ncn2[C@@H]1CN(CP(=O)(O)O)C[C@H]1O. The van der Waals surface area contributed by atoms with Gasteiger partial charge in [0, 0.05) is 13.1 Å². The first-order chi connectivity index (χ1) is 9.85. The standard InChI is InChI=1S/C10H15N6O4P/c11-9-8-10(13-3-12-9)16(4-14-8)6-1-15(2-7(6)17)5-21(18,19)20/h3-4,6-7,17H,1-2,5H2,(H2,11,12,13)(H2,18,19,20)/t6-,7-/m1/s1. The number of aromatic nitrogens is 4. The highest BCUT2D eigenvalue weighted by Crippen LogP contribution is 2.38. The van der Waals surface area contributed by atoms with Crippen molar-refractivity contribution in [3.05, 3.63) is 12.7 Å². The van der Waals surface area contributed by atoms with Crippen molar-refractivity contribution in [1.82, 2.24) is 24.4 Å². The summed E-state index contributed by atoms with van der Waals surface area (Å²) in [6.07, 6.45) is 1.66. The van der Waals surface area contributed by atoms with Crippen LogP contribution in [0.25, 0.3) is 11.2 Å². The quantitative estimate of drug-likeness (QED) is 0.510. The second-order valence-corrected chi connectivity index (χ2v) is 6.67. The molecular weight excluding hydrogens is 299 g/mol. The Morgan fingerprint density at radius 3 is 2.81 bits per heavy atom. The number of hydrogen-bond donors (Lipinski definition) is 4. The second kappa shape index (κ2) is 5.00. The van der Waals surface area contributed by atoms with Gasteiger partial charge in [-0.05, 0) is 0 Å². The minimum absolute atomic E-state index is 0.177. The number of fused-ring (bicyclic) bond motifs is 1. The minimum Gasteiger partial charge on any atom is -0.390 e. The first-order valence-corrected chi connectivity index (χ1v) is 8.03. The first kappa shape index (κ1) is 14.4. The lowest BCUT2D eigenvalue weighted by Gasteiger charge is -2.17. The summed E-state index contributed by atoms with van der Waals surface area (Å²) >= 11 is 0. The maximum Gasteiger partial charge on any atom is 0.339 e. The Labute approximate surface area is 119 Å². The number of nitrogens with two attached hydrogens (primary N) is 1. The van der Waals surface area contributed by atoms with Gasteiger partial charge in [-0.25, -0.2) is 15.0 Å². The Morgan fingerprint density at radius 1 is 1.33 bits per heavy atom. The summed E-state index contributed by atoms with van der Waals surface area (Å²) in [6, 6.07) is -0.393. The van der Waals surface area contributed by atoms with Crippen LogP contribution in [0.5, 0.6) is 0 Å². The van der Waals surface area contributed by atoms with E-state index in [0.29, 0.717) is 17.7 Å². The van der Waals surface area contributed by atoms with Gasteiger partial charge in [-0.15, -0.1) is 0 Å². The van der Waals surface area contributed by atoms with Gasteiger partial charge in [-0.1, -0.05) is 0 Å². The molecule has 114 valence electrons. The minimum atomic E-state index is -4.16. The van der Waals surface area contributed by atoms with Gasteiger partial charge in [0.1, 0.15) is 18.1 Å². The Balaban J connectivity index is 1.89. The number of anilines is 1. The third-order valence-corrected chi connectivity index (χ3v) is 4.23. The van der Waals surface area contributed by atoms with E-state index in [0.717, 1.165) is 0 Å². The molecule has 3 heterocycles. The van der Waals surface area contributed by atoms with E-state index in [-0.39, 0.29) is 18.6 Å². The first-order valence-electron chi connectivity index (χ1n) is 6.23. The molecule has 0 bridgehead atoms. The lowest BCUT2D eigenvalue weighted by atomic mass is 10.2. The van der Waals surface area contributed by atoms with E-state index < -0.39 is 19.7 Å². The average Bonchev–Trinajstić information content (AvgIpc) is 2.92. The highest BCUT2D eigenvalue weighted by Gasteiger charge is 2.36. The van der Waals surface area contributed by atoms with Crippen molar-refractivity contribution in [3.8, 4) is 0 Å². The molecule has 21 heavy (non-hydrogen) atoms. The van der Waals surface area contributed by atoms with Gasteiger partial charge in [0.15, 0.2) is 11.5 Å². The smallest absolute Gasteiger partial charge is 0.339 e. The van der Waals surface area contributed by atoms with Crippen LogP contribution in [-0.4, -0.2) is 64.8 Å². The van der Waals surface area contributed by atoms with E-state index in [9.17, 15) is 9.67 Å². The highest BCUT2D eigenvalue weighted by atomic mass is 31.2. The predicted molar refractivity (Wildman–Crippen MR) is 73.3 cm³/mol. The lowest BCUT2D eigenvalue weighted by molar-refractivity contribution is 0.146. The van der Waals surface area contributed by atoms with Crippen LogP contribution in [0, 0.1) is 0 Å². The van der Waals surface area contributed by atoms with E-state index >= 15 is 0 Å². The van der Waals surface area contributed by atoms with Crippen molar-refractivity contribution >= 4 is 24.6 Å². The number of nitrogens with zero attached hydrogens (tertiary/aromatic N) is 5. The largest absolute Gasteiger partial charge is 0.390 e. The van der Waals surface area contributed by atoms with Crippen LogP contribution in [0.3, 0.4) is 0 Å². The fraction of sp³-hybridized carbons (Fsp3) is 0.500. The zero-order chi connectivity index (χ0) is 15.2. The number of aliphatic hydroxyl groups excluding tert-OH is 1. The molecule has 0 radical (unpaired) electrons. The molecule has 5 N–H and O–H groups in total. The Hall–Kier alpha value is -1.58. The second-order valence-electron chi connectivity index (χ2n) is 5.06. The van der Waals surface area contributed by atoms with Crippen LogP contribution < -0.4 is 5.73 Å². The van der Waals surface area contributed by atoms with Crippen molar-refractivity contribution in [3.63, 3.8) is 0 Å². The molecule has 0 saturated carbocycles. The van der Waals surface area contributed by atoms with Crippen molar-refractivity contribution in [2.75, 3.05) is 25.1 Å². The number of aliphatic hydroxyl groups is 1. The molecule has 11 heteroatoms. The summed E-state index contributed by atoms with van der Waals surface area (Å²) in [6.45, 7) is 0.470. The van der Waals surface area contributed by atoms with Crippen LogP contribution in [-0.2, 0) is 4.57 Å². The molecule has 1 aliphatic heterocycles. The normalized spacial score (nSPS) is 24.0. The molecule has 1 saturated heterocycles. The van der Waals surface area contributed by atoms with Crippen LogP contribution >= 0.6 is 7.60 Å². The molecule has 3 rings (SSSR count). The topological polar surface area (TPSA) is 151 Å². The molecular formula is C10H15N6O4P. The van der Waals surface area contributed by atoms with Crippen molar-refractivity contribution in [1.29, 1.82) is 0 Å². The predicted octanol–water partition coefficient (Wildman–Crippen LogP) is -1.24. The van der Waals surface area contributed by atoms with Crippen molar-refractivity contribution in [2.45, 2.75) is 12.1 Å². The molecule has 1 fully saturated rings. The molecule has 0 aliphatic carbocycles. The van der Waals surface area contributed by atoms with Crippen LogP contribution in [0.4, 0.5) is 5.82 Å². The third kappa shape index (κ3) is 2.76. The molecule has 2 aromatic heterocycles. The molecule has 0 spiro atoms. The van der Waals surface area contributed by atoms with E-state index in [2.05, 4.69) is 15.0 Å². The van der Waals surface area contributed by atoms with Gasteiger partial charge in [-0.2, -0.15) is 0 Å². The third-order valence-electron chi connectivity index (χ3n) is 3.46. The van der Waals surface area contributed by atoms with Crippen LogP contribution in [0.2, 0.25) is 0 Å². The van der Waals surface area contributed by atoms with Gasteiger partial charge in [-0.3, -0.25) is 9.46 Å². The summed E-state index contributed by atoms with van der Waals surface area (Å²) in [7, 11) is -4.16. The summed E-state index contributed by atoms with van der Waals surface area (Å²) in [5.41, 5.74) is 6.64. The number of β-amino-alcohol motifs (C(OH)–C–C–N with tert-alkyl or cyclic N) is 1. The molecule has 10 nitrogen and oxygen atoms in total.